The molecule has 0 bridgehead atoms. The van der Waals surface area contributed by atoms with Crippen LogP contribution in [0.5, 0.6) is 0 Å². The van der Waals surface area contributed by atoms with Crippen LogP contribution in [0, 0.1) is 6.92 Å². The summed E-state index contributed by atoms with van der Waals surface area (Å²) in [5.74, 6) is 1.67. The first-order valence-corrected chi connectivity index (χ1v) is 9.00. The second-order valence-electron chi connectivity index (χ2n) is 6.37. The molecule has 0 aliphatic carbocycles. The predicted molar refractivity (Wildman–Crippen MR) is 106 cm³/mol. The number of anilines is 3. The SMILES string of the molecule is CC/C=C1/c2cnc(NCC)nc2N(C)CCN1c1cccc(C)c1. The lowest BCUT2D eigenvalue weighted by molar-refractivity contribution is 0.862. The van der Waals surface area contributed by atoms with Crippen LogP contribution in [0.2, 0.25) is 0 Å². The molecule has 1 aliphatic heterocycles. The molecule has 2 heterocycles. The number of nitrogens with one attached hydrogen (secondary N) is 1. The summed E-state index contributed by atoms with van der Waals surface area (Å²) in [7, 11) is 2.10. The van der Waals surface area contributed by atoms with E-state index in [-0.39, 0.29) is 0 Å². The number of nitrogens with zero attached hydrogens (tertiary/aromatic N) is 4. The van der Waals surface area contributed by atoms with E-state index in [2.05, 4.69) is 78.3 Å². The van der Waals surface area contributed by atoms with Gasteiger partial charge in [0.25, 0.3) is 0 Å². The summed E-state index contributed by atoms with van der Waals surface area (Å²) in [4.78, 5) is 13.9. The number of benzene rings is 1. The van der Waals surface area contributed by atoms with Crippen LogP contribution < -0.4 is 15.1 Å². The Labute approximate surface area is 150 Å². The average Bonchev–Trinajstić information content (AvgIpc) is 2.73. The zero-order valence-electron chi connectivity index (χ0n) is 15.6. The molecule has 0 amide bonds. The summed E-state index contributed by atoms with van der Waals surface area (Å²) in [6.07, 6.45) is 5.19. The van der Waals surface area contributed by atoms with E-state index in [0.29, 0.717) is 5.95 Å². The van der Waals surface area contributed by atoms with Crippen LogP contribution in [0.4, 0.5) is 17.5 Å². The maximum absolute atomic E-state index is 4.76. The van der Waals surface area contributed by atoms with Gasteiger partial charge in [0.2, 0.25) is 5.95 Å². The molecule has 25 heavy (non-hydrogen) atoms. The van der Waals surface area contributed by atoms with E-state index >= 15 is 0 Å². The highest BCUT2D eigenvalue weighted by molar-refractivity contribution is 5.85. The molecule has 0 spiro atoms. The fourth-order valence-electron chi connectivity index (χ4n) is 3.19. The van der Waals surface area contributed by atoms with Crippen molar-refractivity contribution in [3.05, 3.63) is 47.7 Å². The van der Waals surface area contributed by atoms with Gasteiger partial charge in [-0.1, -0.05) is 25.1 Å². The van der Waals surface area contributed by atoms with E-state index in [1.54, 1.807) is 0 Å². The summed E-state index contributed by atoms with van der Waals surface area (Å²) in [6.45, 7) is 9.00. The van der Waals surface area contributed by atoms with Crippen LogP contribution in [-0.4, -0.2) is 36.6 Å². The molecular weight excluding hydrogens is 310 g/mol. The molecule has 0 saturated heterocycles. The van der Waals surface area contributed by atoms with E-state index in [9.17, 15) is 0 Å². The maximum Gasteiger partial charge on any atom is 0.224 e. The van der Waals surface area contributed by atoms with Crippen molar-refractivity contribution in [3.63, 3.8) is 0 Å². The van der Waals surface area contributed by atoms with Crippen molar-refractivity contribution in [2.24, 2.45) is 0 Å². The number of aromatic nitrogens is 2. The smallest absolute Gasteiger partial charge is 0.224 e. The van der Waals surface area contributed by atoms with Crippen molar-refractivity contribution in [2.75, 3.05) is 41.8 Å². The summed E-state index contributed by atoms with van der Waals surface area (Å²) < 4.78 is 0. The third kappa shape index (κ3) is 3.60. The Morgan fingerprint density at radius 3 is 2.80 bits per heavy atom. The number of fused-ring (bicyclic) bond motifs is 1. The maximum atomic E-state index is 4.76. The van der Waals surface area contributed by atoms with Gasteiger partial charge in [0.15, 0.2) is 0 Å². The van der Waals surface area contributed by atoms with Gasteiger partial charge in [0.05, 0.1) is 5.56 Å². The number of allylic oxidation sites excluding steroid dienone is 1. The quantitative estimate of drug-likeness (QED) is 0.916. The van der Waals surface area contributed by atoms with Crippen LogP contribution in [0.1, 0.15) is 31.4 Å². The molecule has 1 aromatic heterocycles. The third-order valence-corrected chi connectivity index (χ3v) is 4.40. The van der Waals surface area contributed by atoms with Gasteiger partial charge in [-0.2, -0.15) is 4.98 Å². The molecule has 2 aromatic rings. The summed E-state index contributed by atoms with van der Waals surface area (Å²) in [5.41, 5.74) is 4.77. The van der Waals surface area contributed by atoms with Gasteiger partial charge in [-0.15, -0.1) is 0 Å². The lowest BCUT2D eigenvalue weighted by atomic mass is 10.1. The van der Waals surface area contributed by atoms with E-state index in [1.165, 1.54) is 16.9 Å². The molecule has 0 radical (unpaired) electrons. The Kier molecular flexibility index (Phi) is 5.22. The molecule has 0 fully saturated rings. The van der Waals surface area contributed by atoms with Crippen LogP contribution in [0.15, 0.2) is 36.5 Å². The normalized spacial score (nSPS) is 15.9. The van der Waals surface area contributed by atoms with Gasteiger partial charge in [0.1, 0.15) is 5.82 Å². The zero-order chi connectivity index (χ0) is 17.8. The minimum Gasteiger partial charge on any atom is -0.357 e. The molecule has 1 aromatic carbocycles. The first-order valence-electron chi connectivity index (χ1n) is 9.00. The number of hydrogen-bond donors (Lipinski definition) is 1. The monoisotopic (exact) mass is 337 g/mol. The van der Waals surface area contributed by atoms with Crippen LogP contribution in [-0.2, 0) is 0 Å². The molecule has 3 rings (SSSR count). The Hall–Kier alpha value is -2.56. The fourth-order valence-corrected chi connectivity index (χ4v) is 3.19. The highest BCUT2D eigenvalue weighted by Crippen LogP contribution is 2.34. The van der Waals surface area contributed by atoms with Gasteiger partial charge in [-0.05, 0) is 38.0 Å². The van der Waals surface area contributed by atoms with Gasteiger partial charge >= 0.3 is 0 Å². The molecule has 1 aliphatic rings. The fraction of sp³-hybridized carbons (Fsp3) is 0.400. The van der Waals surface area contributed by atoms with Gasteiger partial charge in [-0.3, -0.25) is 0 Å². The van der Waals surface area contributed by atoms with Crippen molar-refractivity contribution >= 4 is 23.2 Å². The number of aryl methyl sites for hydroxylation is 1. The largest absolute Gasteiger partial charge is 0.357 e. The van der Waals surface area contributed by atoms with Crippen molar-refractivity contribution < 1.29 is 0 Å². The standard InChI is InChI=1S/C20H27N5/c1-5-8-18-17-14-22-20(21-6-2)23-19(17)24(4)11-12-25(18)16-10-7-9-15(3)13-16/h7-10,13-14H,5-6,11-12H2,1-4H3,(H,21,22,23)/b18-8-. The average molecular weight is 337 g/mol. The summed E-state index contributed by atoms with van der Waals surface area (Å²) >= 11 is 0. The molecule has 5 nitrogen and oxygen atoms in total. The Bertz CT molecular complexity index is 768. The highest BCUT2D eigenvalue weighted by atomic mass is 15.3. The molecule has 1 N–H and O–H groups in total. The number of hydrogen-bond acceptors (Lipinski definition) is 5. The van der Waals surface area contributed by atoms with E-state index in [4.69, 9.17) is 4.98 Å². The zero-order valence-corrected chi connectivity index (χ0v) is 15.6. The summed E-state index contributed by atoms with van der Waals surface area (Å²) in [5, 5.41) is 3.21. The van der Waals surface area contributed by atoms with Crippen molar-refractivity contribution in [1.29, 1.82) is 0 Å². The lowest BCUT2D eigenvalue weighted by Gasteiger charge is -2.26. The minimum atomic E-state index is 0.688. The molecular formula is C20H27N5. The topological polar surface area (TPSA) is 44.3 Å². The van der Waals surface area contributed by atoms with E-state index < -0.39 is 0 Å². The Morgan fingerprint density at radius 1 is 1.24 bits per heavy atom. The highest BCUT2D eigenvalue weighted by Gasteiger charge is 2.24. The predicted octanol–water partition coefficient (Wildman–Crippen LogP) is 3.92. The molecule has 5 heteroatoms. The van der Waals surface area contributed by atoms with Crippen molar-refractivity contribution in [1.82, 2.24) is 9.97 Å². The number of likely N-dealkylation sites (N-methyl/N-ethyl adjacent to an activating group) is 1. The van der Waals surface area contributed by atoms with Gasteiger partial charge in [-0.25, -0.2) is 4.98 Å². The Morgan fingerprint density at radius 2 is 2.08 bits per heavy atom. The second kappa shape index (κ2) is 7.55. The first-order chi connectivity index (χ1) is 12.1. The van der Waals surface area contributed by atoms with Gasteiger partial charge in [0, 0.05) is 44.3 Å². The van der Waals surface area contributed by atoms with Crippen LogP contribution >= 0.6 is 0 Å². The van der Waals surface area contributed by atoms with Crippen molar-refractivity contribution in [3.8, 4) is 0 Å². The Balaban J connectivity index is 2.10. The van der Waals surface area contributed by atoms with Crippen LogP contribution in [0.3, 0.4) is 0 Å². The van der Waals surface area contributed by atoms with Gasteiger partial charge < -0.3 is 15.1 Å². The third-order valence-electron chi connectivity index (χ3n) is 4.40. The minimum absolute atomic E-state index is 0.688. The molecule has 0 saturated carbocycles. The molecule has 0 atom stereocenters. The molecule has 132 valence electrons. The van der Waals surface area contributed by atoms with Crippen molar-refractivity contribution in [2.45, 2.75) is 27.2 Å². The number of rotatable bonds is 4. The second-order valence-corrected chi connectivity index (χ2v) is 6.37. The first kappa shape index (κ1) is 17.3. The summed E-state index contributed by atoms with van der Waals surface area (Å²) in [6, 6.07) is 8.67. The van der Waals surface area contributed by atoms with E-state index in [1.807, 2.05) is 6.20 Å². The van der Waals surface area contributed by atoms with E-state index in [0.717, 1.165) is 37.4 Å². The lowest BCUT2D eigenvalue weighted by Crippen LogP contribution is -2.28. The van der Waals surface area contributed by atoms with Crippen LogP contribution in [0.25, 0.3) is 5.70 Å². The molecule has 0 unspecified atom stereocenters.